The van der Waals surface area contributed by atoms with E-state index in [1.165, 1.54) is 11.1 Å². The number of aliphatic hydroxyl groups is 5. The Labute approximate surface area is 216 Å². The molecule has 4 rings (SSSR count). The molecule has 0 amide bonds. The fraction of sp³-hybridized carbons (Fsp3) is 0.833. The highest BCUT2D eigenvalue weighted by Gasteiger charge is 2.63. The number of hydrogen-bond acceptors (Lipinski definition) is 6. The van der Waals surface area contributed by atoms with Crippen LogP contribution in [-0.2, 0) is 4.79 Å². The lowest BCUT2D eigenvalue weighted by atomic mass is 9.45. The summed E-state index contributed by atoms with van der Waals surface area (Å²) in [5.41, 5.74) is -0.504. The van der Waals surface area contributed by atoms with Gasteiger partial charge < -0.3 is 25.5 Å². The van der Waals surface area contributed by atoms with Crippen LogP contribution >= 0.6 is 0 Å². The predicted molar refractivity (Wildman–Crippen MR) is 139 cm³/mol. The van der Waals surface area contributed by atoms with Crippen LogP contribution in [0, 0.1) is 34.5 Å². The summed E-state index contributed by atoms with van der Waals surface area (Å²) < 4.78 is 0. The zero-order valence-electron chi connectivity index (χ0n) is 22.8. The van der Waals surface area contributed by atoms with Crippen LogP contribution in [0.3, 0.4) is 0 Å². The van der Waals surface area contributed by atoms with Crippen LogP contribution in [0.1, 0.15) is 92.4 Å². The molecule has 36 heavy (non-hydrogen) atoms. The SMILES string of the molecule is C=CC[C@@H]1C(=O)[C@@H]2C[C@@H](O)[C@@H](O)C[C@]2(C)[C@H]2CC[C@@]3(C)C(=C12)CC[C@@H]3[C@@](C)(O)[C@H](O)CCC(C)(C)O. The first-order valence-electron chi connectivity index (χ1n) is 13.9. The maximum atomic E-state index is 13.9. The second kappa shape index (κ2) is 9.30. The van der Waals surface area contributed by atoms with E-state index in [0.717, 1.165) is 25.7 Å². The van der Waals surface area contributed by atoms with Crippen molar-refractivity contribution in [2.45, 2.75) is 122 Å². The number of carbonyl (C=O) groups is 1. The molecular weight excluding hydrogens is 456 g/mol. The van der Waals surface area contributed by atoms with Gasteiger partial charge in [0.25, 0.3) is 0 Å². The topological polar surface area (TPSA) is 118 Å². The van der Waals surface area contributed by atoms with Crippen molar-refractivity contribution in [2.75, 3.05) is 0 Å². The molecule has 0 spiro atoms. The van der Waals surface area contributed by atoms with E-state index < -0.39 is 34.9 Å². The quantitative estimate of drug-likeness (QED) is 0.338. The van der Waals surface area contributed by atoms with Gasteiger partial charge in [0, 0.05) is 11.8 Å². The number of fused-ring (bicyclic) bond motifs is 4. The molecule has 0 aromatic carbocycles. The number of aliphatic hydroxyl groups excluding tert-OH is 3. The molecule has 0 heterocycles. The minimum Gasteiger partial charge on any atom is -0.390 e. The molecule has 3 fully saturated rings. The van der Waals surface area contributed by atoms with E-state index in [4.69, 9.17) is 0 Å². The maximum Gasteiger partial charge on any atom is 0.144 e. The van der Waals surface area contributed by atoms with Crippen LogP contribution < -0.4 is 0 Å². The number of Topliss-reactive ketones (excluding diaryl/α,β-unsaturated/α-hetero) is 1. The van der Waals surface area contributed by atoms with Gasteiger partial charge in [-0.3, -0.25) is 4.79 Å². The van der Waals surface area contributed by atoms with Crippen molar-refractivity contribution in [3.63, 3.8) is 0 Å². The largest absolute Gasteiger partial charge is 0.390 e. The maximum absolute atomic E-state index is 13.9. The van der Waals surface area contributed by atoms with Crippen molar-refractivity contribution in [1.82, 2.24) is 0 Å². The van der Waals surface area contributed by atoms with Crippen LogP contribution in [0.4, 0.5) is 0 Å². The van der Waals surface area contributed by atoms with E-state index in [-0.39, 0.29) is 34.9 Å². The molecule has 0 radical (unpaired) electrons. The number of ketones is 1. The third kappa shape index (κ3) is 4.35. The van der Waals surface area contributed by atoms with Gasteiger partial charge in [0.15, 0.2) is 0 Å². The van der Waals surface area contributed by atoms with Crippen molar-refractivity contribution in [1.29, 1.82) is 0 Å². The Kier molecular flexibility index (Phi) is 7.23. The van der Waals surface area contributed by atoms with Crippen molar-refractivity contribution in [3.05, 3.63) is 23.8 Å². The van der Waals surface area contributed by atoms with E-state index >= 15 is 0 Å². The third-order valence-electron chi connectivity index (χ3n) is 10.9. The van der Waals surface area contributed by atoms with Gasteiger partial charge in [0.05, 0.1) is 29.5 Å². The summed E-state index contributed by atoms with van der Waals surface area (Å²) in [6.45, 7) is 13.4. The van der Waals surface area contributed by atoms with Gasteiger partial charge in [-0.25, -0.2) is 0 Å². The van der Waals surface area contributed by atoms with Gasteiger partial charge in [-0.15, -0.1) is 6.58 Å². The van der Waals surface area contributed by atoms with Crippen LogP contribution in [0.25, 0.3) is 0 Å². The average molecular weight is 505 g/mol. The Morgan fingerprint density at radius 1 is 1.11 bits per heavy atom. The molecule has 4 aliphatic carbocycles. The van der Waals surface area contributed by atoms with E-state index in [9.17, 15) is 30.3 Å². The summed E-state index contributed by atoms with van der Waals surface area (Å²) in [4.78, 5) is 13.9. The summed E-state index contributed by atoms with van der Waals surface area (Å²) in [6.07, 6.45) is 4.41. The Balaban J connectivity index is 1.74. The molecule has 10 atom stereocenters. The first kappa shape index (κ1) is 28.0. The van der Waals surface area contributed by atoms with Gasteiger partial charge in [-0.05, 0) is 101 Å². The normalized spacial score (nSPS) is 43.3. The highest BCUT2D eigenvalue weighted by molar-refractivity contribution is 5.89. The lowest BCUT2D eigenvalue weighted by Crippen LogP contribution is -2.58. The molecule has 3 saturated carbocycles. The van der Waals surface area contributed by atoms with Gasteiger partial charge in [0.1, 0.15) is 5.78 Å². The number of carbonyl (C=O) groups excluding carboxylic acids is 1. The predicted octanol–water partition coefficient (Wildman–Crippen LogP) is 3.69. The standard InChI is InChI=1S/C30H48O6/c1-7-8-17-25-18-9-10-23(30(6,36)24(33)12-13-27(2,3)35)28(18,4)14-11-19(25)29(5)16-22(32)21(31)15-20(29)26(17)34/h7,17,19-24,31-33,35-36H,1,8-16H2,2-6H3/t17-,19-,20-,21+,22-,23-,24+,28-,29+,30+/m0/s1. The van der Waals surface area contributed by atoms with Gasteiger partial charge in [-0.2, -0.15) is 0 Å². The Morgan fingerprint density at radius 3 is 2.39 bits per heavy atom. The molecule has 0 aromatic heterocycles. The molecule has 0 aromatic rings. The highest BCUT2D eigenvalue weighted by atomic mass is 16.3. The van der Waals surface area contributed by atoms with Gasteiger partial charge in [-0.1, -0.05) is 31.1 Å². The molecule has 5 N–H and O–H groups in total. The zero-order chi connectivity index (χ0) is 26.8. The van der Waals surface area contributed by atoms with Gasteiger partial charge in [0.2, 0.25) is 0 Å². The number of rotatable bonds is 7. The van der Waals surface area contributed by atoms with Crippen LogP contribution in [-0.4, -0.2) is 60.8 Å². The molecule has 0 unspecified atom stereocenters. The molecule has 0 bridgehead atoms. The Hall–Kier alpha value is -1.05. The lowest BCUT2D eigenvalue weighted by Gasteiger charge is -2.59. The van der Waals surface area contributed by atoms with Crippen molar-refractivity contribution >= 4 is 5.78 Å². The fourth-order valence-electron chi connectivity index (χ4n) is 8.83. The minimum absolute atomic E-state index is 0.152. The van der Waals surface area contributed by atoms with E-state index in [1.807, 2.05) is 6.08 Å². The monoisotopic (exact) mass is 504 g/mol. The van der Waals surface area contributed by atoms with Gasteiger partial charge >= 0.3 is 0 Å². The summed E-state index contributed by atoms with van der Waals surface area (Å²) in [5, 5.41) is 54.0. The lowest BCUT2D eigenvalue weighted by molar-refractivity contribution is -0.154. The third-order valence-corrected chi connectivity index (χ3v) is 10.9. The van der Waals surface area contributed by atoms with Crippen LogP contribution in [0.2, 0.25) is 0 Å². The number of allylic oxidation sites excluding steroid dienone is 3. The zero-order valence-corrected chi connectivity index (χ0v) is 22.8. The summed E-state index contributed by atoms with van der Waals surface area (Å²) in [6, 6.07) is 0. The average Bonchev–Trinajstić information content (AvgIpc) is 3.14. The first-order chi connectivity index (χ1) is 16.6. The Morgan fingerprint density at radius 2 is 1.78 bits per heavy atom. The van der Waals surface area contributed by atoms with Crippen LogP contribution in [0.5, 0.6) is 0 Å². The highest BCUT2D eigenvalue weighted by Crippen LogP contribution is 2.67. The summed E-state index contributed by atoms with van der Waals surface area (Å²) in [5.74, 6) is -0.394. The van der Waals surface area contributed by atoms with E-state index in [0.29, 0.717) is 32.1 Å². The van der Waals surface area contributed by atoms with Crippen LogP contribution in [0.15, 0.2) is 23.8 Å². The van der Waals surface area contributed by atoms with Crippen molar-refractivity contribution < 1.29 is 30.3 Å². The molecular formula is C30H48O6. The first-order valence-corrected chi connectivity index (χ1v) is 13.9. The van der Waals surface area contributed by atoms with Crippen molar-refractivity contribution in [2.24, 2.45) is 34.5 Å². The molecule has 6 nitrogen and oxygen atoms in total. The second-order valence-corrected chi connectivity index (χ2v) is 13.7. The molecule has 4 aliphatic rings. The number of hydrogen-bond donors (Lipinski definition) is 5. The summed E-state index contributed by atoms with van der Waals surface area (Å²) >= 11 is 0. The molecule has 204 valence electrons. The molecule has 6 heteroatoms. The smallest absolute Gasteiger partial charge is 0.144 e. The molecule has 0 saturated heterocycles. The van der Waals surface area contributed by atoms with E-state index in [2.05, 4.69) is 20.4 Å². The summed E-state index contributed by atoms with van der Waals surface area (Å²) in [7, 11) is 0. The van der Waals surface area contributed by atoms with Crippen molar-refractivity contribution in [3.8, 4) is 0 Å². The molecule has 0 aliphatic heterocycles. The second-order valence-electron chi connectivity index (χ2n) is 13.7. The Bertz CT molecular complexity index is 915. The minimum atomic E-state index is -1.32. The fourth-order valence-corrected chi connectivity index (χ4v) is 8.83. The van der Waals surface area contributed by atoms with E-state index in [1.54, 1.807) is 20.8 Å².